The maximum absolute atomic E-state index is 11.2. The minimum atomic E-state index is 0.269. The summed E-state index contributed by atoms with van der Waals surface area (Å²) >= 11 is 0. The first-order valence-corrected chi connectivity index (χ1v) is 7.64. The number of hydrogen-bond donors (Lipinski definition) is 0. The largest absolute Gasteiger partial charge is 0.430 e. The lowest BCUT2D eigenvalue weighted by molar-refractivity contribution is -0.758. The van der Waals surface area contributed by atoms with Gasteiger partial charge in [-0.2, -0.15) is 9.59 Å². The van der Waals surface area contributed by atoms with Crippen LogP contribution in [0.25, 0.3) is 0 Å². The maximum atomic E-state index is 11.2. The second-order valence-electron chi connectivity index (χ2n) is 5.85. The minimum Gasteiger partial charge on any atom is -0.159 e. The fourth-order valence-corrected chi connectivity index (χ4v) is 3.39. The van der Waals surface area contributed by atoms with Gasteiger partial charge in [0.2, 0.25) is 0 Å². The Morgan fingerprint density at radius 1 is 0.684 bits per heavy atom. The van der Waals surface area contributed by atoms with E-state index in [-0.39, 0.29) is 12.1 Å². The molecule has 0 bridgehead atoms. The van der Waals surface area contributed by atoms with E-state index >= 15 is 0 Å². The molecule has 0 atom stereocenters. The molecule has 0 unspecified atom stereocenters. The van der Waals surface area contributed by atoms with Gasteiger partial charge in [0.15, 0.2) is 12.1 Å². The van der Waals surface area contributed by atoms with Crippen molar-refractivity contribution in [3.05, 3.63) is 0 Å². The summed E-state index contributed by atoms with van der Waals surface area (Å²) in [5, 5.41) is 0. The van der Waals surface area contributed by atoms with Crippen LogP contribution in [0.1, 0.15) is 64.2 Å². The summed E-state index contributed by atoms with van der Waals surface area (Å²) in [5.41, 5.74) is 0. The standard InChI is InChI=1S/C15H24N2O2/c18-12-16(14-7-3-1-4-8-14)11-17(13-19)15-9-5-2-6-10-15/h14-15H,1-11H2/q+2. The third-order valence-corrected chi connectivity index (χ3v) is 4.57. The number of isocyanates is 2. The Kier molecular flexibility index (Phi) is 5.50. The van der Waals surface area contributed by atoms with Gasteiger partial charge in [-0.05, 0) is 25.7 Å². The predicted molar refractivity (Wildman–Crippen MR) is 70.5 cm³/mol. The molecule has 0 radical (unpaired) electrons. The fraction of sp³-hybridized carbons (Fsp3) is 0.867. The summed E-state index contributed by atoms with van der Waals surface area (Å²) in [6.07, 6.45) is 15.5. The van der Waals surface area contributed by atoms with Gasteiger partial charge in [0.05, 0.1) is 0 Å². The van der Waals surface area contributed by atoms with E-state index in [1.165, 1.54) is 38.5 Å². The Morgan fingerprint density at radius 3 is 1.37 bits per heavy atom. The van der Waals surface area contributed by atoms with Crippen LogP contribution in [-0.2, 0) is 9.59 Å². The van der Waals surface area contributed by atoms with Gasteiger partial charge >= 0.3 is 18.8 Å². The number of nitrogens with zero attached hydrogens (tertiary/aromatic N) is 2. The van der Waals surface area contributed by atoms with Crippen molar-refractivity contribution in [2.45, 2.75) is 76.3 Å². The molecule has 4 nitrogen and oxygen atoms in total. The molecule has 2 saturated carbocycles. The highest BCUT2D eigenvalue weighted by Gasteiger charge is 2.32. The van der Waals surface area contributed by atoms with Crippen molar-refractivity contribution >= 4 is 12.2 Å². The molecule has 0 aromatic rings. The first-order valence-electron chi connectivity index (χ1n) is 7.64. The van der Waals surface area contributed by atoms with Gasteiger partial charge in [0, 0.05) is 25.7 Å². The van der Waals surface area contributed by atoms with Crippen LogP contribution < -0.4 is 0 Å². The Hall–Kier alpha value is -1.24. The topological polar surface area (TPSA) is 40.2 Å². The molecule has 2 fully saturated rings. The van der Waals surface area contributed by atoms with Crippen LogP contribution in [0, 0.1) is 0 Å². The van der Waals surface area contributed by atoms with Crippen LogP contribution in [-0.4, -0.2) is 40.1 Å². The predicted octanol–water partition coefficient (Wildman–Crippen LogP) is 2.31. The lowest BCUT2D eigenvalue weighted by Gasteiger charge is -2.19. The van der Waals surface area contributed by atoms with E-state index in [2.05, 4.69) is 0 Å². The summed E-state index contributed by atoms with van der Waals surface area (Å²) in [7, 11) is 0. The second-order valence-corrected chi connectivity index (χ2v) is 5.85. The lowest BCUT2D eigenvalue weighted by Crippen LogP contribution is -2.38. The number of carbonyl (C=O) groups excluding carboxylic acids is 2. The average molecular weight is 264 g/mol. The molecular weight excluding hydrogens is 240 g/mol. The first kappa shape index (κ1) is 14.2. The molecule has 0 aromatic heterocycles. The van der Waals surface area contributed by atoms with Gasteiger partial charge < -0.3 is 0 Å². The van der Waals surface area contributed by atoms with Gasteiger partial charge in [-0.1, -0.05) is 22.0 Å². The molecule has 104 valence electrons. The summed E-state index contributed by atoms with van der Waals surface area (Å²) in [5.74, 6) is 0. The zero-order valence-corrected chi connectivity index (χ0v) is 11.6. The Morgan fingerprint density at radius 2 is 1.05 bits per heavy atom. The summed E-state index contributed by atoms with van der Waals surface area (Å²) in [4.78, 5) is 22.4. The van der Waals surface area contributed by atoms with Crippen molar-refractivity contribution in [2.75, 3.05) is 6.67 Å². The molecule has 0 amide bonds. The highest BCUT2D eigenvalue weighted by atomic mass is 16.1. The molecule has 2 aliphatic carbocycles. The van der Waals surface area contributed by atoms with Crippen molar-refractivity contribution in [3.8, 4) is 0 Å². The zero-order valence-electron chi connectivity index (χ0n) is 11.6. The average Bonchev–Trinajstić information content (AvgIpc) is 2.50. The van der Waals surface area contributed by atoms with Crippen LogP contribution in [0.2, 0.25) is 0 Å². The SMILES string of the molecule is O=C=[N+](C[N+](=C=O)C1CCCCC1)C1CCCCC1. The molecular formula is C15H24N2O2+2. The third-order valence-electron chi connectivity index (χ3n) is 4.57. The minimum absolute atomic E-state index is 0.269. The molecule has 4 heteroatoms. The van der Waals surface area contributed by atoms with Crippen LogP contribution in [0.5, 0.6) is 0 Å². The Bertz CT molecular complexity index is 356. The maximum Gasteiger partial charge on any atom is 0.430 e. The van der Waals surface area contributed by atoms with Crippen LogP contribution in [0.3, 0.4) is 0 Å². The Labute approximate surface area is 114 Å². The monoisotopic (exact) mass is 264 g/mol. The lowest BCUT2D eigenvalue weighted by atomic mass is 9.94. The molecule has 2 rings (SSSR count). The van der Waals surface area contributed by atoms with E-state index in [0.29, 0.717) is 6.67 Å². The van der Waals surface area contributed by atoms with Gasteiger partial charge in [0.1, 0.15) is 0 Å². The van der Waals surface area contributed by atoms with Crippen molar-refractivity contribution in [1.29, 1.82) is 0 Å². The zero-order chi connectivity index (χ0) is 13.5. The van der Waals surface area contributed by atoms with Crippen LogP contribution in [0.4, 0.5) is 0 Å². The molecule has 0 aliphatic heterocycles. The number of rotatable bonds is 4. The van der Waals surface area contributed by atoms with Gasteiger partial charge in [0.25, 0.3) is 0 Å². The summed E-state index contributed by atoms with van der Waals surface area (Å²) < 4.78 is 3.39. The molecule has 19 heavy (non-hydrogen) atoms. The molecule has 0 saturated heterocycles. The van der Waals surface area contributed by atoms with E-state index in [1.54, 1.807) is 9.15 Å². The molecule has 0 spiro atoms. The molecule has 2 aliphatic rings. The highest BCUT2D eigenvalue weighted by Crippen LogP contribution is 2.22. The normalized spacial score (nSPS) is 21.5. The third kappa shape index (κ3) is 3.86. The van der Waals surface area contributed by atoms with Gasteiger partial charge in [-0.3, -0.25) is 0 Å². The van der Waals surface area contributed by atoms with E-state index in [4.69, 9.17) is 0 Å². The smallest absolute Gasteiger partial charge is 0.159 e. The van der Waals surface area contributed by atoms with Crippen molar-refractivity contribution in [2.24, 2.45) is 0 Å². The van der Waals surface area contributed by atoms with E-state index in [1.807, 2.05) is 12.2 Å². The van der Waals surface area contributed by atoms with Crippen molar-refractivity contribution < 1.29 is 18.7 Å². The fourth-order valence-electron chi connectivity index (χ4n) is 3.39. The Balaban J connectivity index is 1.99. The van der Waals surface area contributed by atoms with Crippen LogP contribution in [0.15, 0.2) is 0 Å². The quantitative estimate of drug-likeness (QED) is 0.338. The van der Waals surface area contributed by atoms with Crippen LogP contribution >= 0.6 is 0 Å². The van der Waals surface area contributed by atoms with E-state index in [9.17, 15) is 9.59 Å². The van der Waals surface area contributed by atoms with E-state index in [0.717, 1.165) is 25.7 Å². The second kappa shape index (κ2) is 7.37. The summed E-state index contributed by atoms with van der Waals surface area (Å²) in [6, 6.07) is 0.538. The first-order chi connectivity index (χ1) is 9.35. The van der Waals surface area contributed by atoms with Crippen molar-refractivity contribution in [1.82, 2.24) is 0 Å². The highest BCUT2D eigenvalue weighted by molar-refractivity contribution is 5.26. The van der Waals surface area contributed by atoms with Gasteiger partial charge in [-0.25, -0.2) is 0 Å². The van der Waals surface area contributed by atoms with Crippen molar-refractivity contribution in [3.63, 3.8) is 0 Å². The van der Waals surface area contributed by atoms with E-state index < -0.39 is 0 Å². The van der Waals surface area contributed by atoms with Gasteiger partial charge in [-0.15, -0.1) is 0 Å². The molecule has 0 aromatic carbocycles. The number of hydrogen-bond acceptors (Lipinski definition) is 2. The molecule has 0 N–H and O–H groups in total. The summed E-state index contributed by atoms with van der Waals surface area (Å²) in [6.45, 7) is 0.377. The molecule has 0 heterocycles.